The number of halogens is 1. The molecule has 0 N–H and O–H groups in total. The van der Waals surface area contributed by atoms with Crippen LogP contribution in [-0.2, 0) is 0 Å². The summed E-state index contributed by atoms with van der Waals surface area (Å²) in [7, 11) is 0. The van der Waals surface area contributed by atoms with Gasteiger partial charge in [-0.15, -0.1) is 0 Å². The van der Waals surface area contributed by atoms with E-state index in [0.29, 0.717) is 22.2 Å². The van der Waals surface area contributed by atoms with E-state index in [9.17, 15) is 4.79 Å². The van der Waals surface area contributed by atoms with Crippen molar-refractivity contribution < 1.29 is 9.53 Å². The van der Waals surface area contributed by atoms with E-state index in [1.54, 1.807) is 24.3 Å². The molecule has 0 amide bonds. The molecule has 0 aliphatic carbocycles. The van der Waals surface area contributed by atoms with Gasteiger partial charge in [0.2, 0.25) is 0 Å². The number of ether oxygens (including phenoxy) is 1. The van der Waals surface area contributed by atoms with E-state index in [2.05, 4.69) is 4.98 Å². The van der Waals surface area contributed by atoms with Crippen LogP contribution in [0.3, 0.4) is 0 Å². The Morgan fingerprint density at radius 3 is 2.59 bits per heavy atom. The molecule has 1 aromatic heterocycles. The van der Waals surface area contributed by atoms with Crippen LogP contribution in [0.25, 0.3) is 0 Å². The number of Topliss-reactive ketones (excluding diaryl/α,β-unsaturated/α-hetero) is 1. The summed E-state index contributed by atoms with van der Waals surface area (Å²) in [5.74, 6) is 1.03. The summed E-state index contributed by atoms with van der Waals surface area (Å²) in [6.07, 6.45) is 1.50. The maximum Gasteiger partial charge on any atom is 0.178 e. The van der Waals surface area contributed by atoms with Crippen LogP contribution in [0.1, 0.15) is 17.4 Å². The van der Waals surface area contributed by atoms with Crippen LogP contribution in [0.4, 0.5) is 0 Å². The van der Waals surface area contributed by atoms with Crippen molar-refractivity contribution >= 4 is 17.4 Å². The molecule has 0 fully saturated rings. The summed E-state index contributed by atoms with van der Waals surface area (Å²) >= 11 is 5.96. The molecule has 0 saturated heterocycles. The Balaban J connectivity index is 2.20. The maximum absolute atomic E-state index is 11.0. The molecule has 2 aromatic rings. The molecule has 1 heterocycles. The predicted molar refractivity (Wildman–Crippen MR) is 65.8 cm³/mol. The lowest BCUT2D eigenvalue weighted by Crippen LogP contribution is -1.96. The third-order valence-electron chi connectivity index (χ3n) is 2.16. The average molecular weight is 248 g/mol. The third kappa shape index (κ3) is 2.82. The Kier molecular flexibility index (Phi) is 3.40. The number of hydrogen-bond acceptors (Lipinski definition) is 3. The summed E-state index contributed by atoms with van der Waals surface area (Å²) in [6, 6.07) is 10.5. The molecular weight excluding hydrogens is 238 g/mol. The molecule has 0 radical (unpaired) electrons. The highest BCUT2D eigenvalue weighted by Gasteiger charge is 2.04. The van der Waals surface area contributed by atoms with Crippen LogP contribution in [-0.4, -0.2) is 10.8 Å². The molecule has 0 atom stereocenters. The minimum Gasteiger partial charge on any atom is -0.454 e. The molecule has 2 rings (SSSR count). The van der Waals surface area contributed by atoms with Gasteiger partial charge in [-0.25, -0.2) is 4.98 Å². The second-order valence-corrected chi connectivity index (χ2v) is 3.88. The SMILES string of the molecule is CC(=O)c1ccc(Oc2ccccc2Cl)cn1. The Morgan fingerprint density at radius 1 is 1.24 bits per heavy atom. The van der Waals surface area contributed by atoms with Crippen molar-refractivity contribution in [1.82, 2.24) is 4.98 Å². The van der Waals surface area contributed by atoms with Gasteiger partial charge in [-0.1, -0.05) is 23.7 Å². The Hall–Kier alpha value is -1.87. The van der Waals surface area contributed by atoms with Gasteiger partial charge in [0, 0.05) is 6.92 Å². The van der Waals surface area contributed by atoms with Gasteiger partial charge in [-0.2, -0.15) is 0 Å². The molecule has 0 bridgehead atoms. The lowest BCUT2D eigenvalue weighted by Gasteiger charge is -2.06. The quantitative estimate of drug-likeness (QED) is 0.776. The van der Waals surface area contributed by atoms with Crippen LogP contribution in [0, 0.1) is 0 Å². The molecule has 3 nitrogen and oxygen atoms in total. The summed E-state index contributed by atoms with van der Waals surface area (Å²) in [5.41, 5.74) is 0.413. The zero-order valence-corrected chi connectivity index (χ0v) is 9.94. The highest BCUT2D eigenvalue weighted by molar-refractivity contribution is 6.32. The number of ketones is 1. The van der Waals surface area contributed by atoms with Crippen molar-refractivity contribution in [3.8, 4) is 11.5 Å². The largest absolute Gasteiger partial charge is 0.454 e. The summed E-state index contributed by atoms with van der Waals surface area (Å²) in [5, 5.41) is 0.531. The second kappa shape index (κ2) is 4.97. The lowest BCUT2D eigenvalue weighted by atomic mass is 10.3. The first-order chi connectivity index (χ1) is 8.16. The summed E-state index contributed by atoms with van der Waals surface area (Å²) < 4.78 is 5.54. The fraction of sp³-hybridized carbons (Fsp3) is 0.0769. The van der Waals surface area contributed by atoms with Gasteiger partial charge in [0.15, 0.2) is 5.78 Å². The number of para-hydroxylation sites is 1. The van der Waals surface area contributed by atoms with Gasteiger partial charge < -0.3 is 4.74 Å². The van der Waals surface area contributed by atoms with E-state index in [1.165, 1.54) is 13.1 Å². The predicted octanol–water partition coefficient (Wildman–Crippen LogP) is 3.73. The van der Waals surface area contributed by atoms with Gasteiger partial charge >= 0.3 is 0 Å². The molecule has 0 aliphatic heterocycles. The topological polar surface area (TPSA) is 39.2 Å². The number of pyridine rings is 1. The van der Waals surface area contributed by atoms with Crippen LogP contribution in [0.15, 0.2) is 42.6 Å². The highest BCUT2D eigenvalue weighted by Crippen LogP contribution is 2.28. The van der Waals surface area contributed by atoms with Crippen molar-refractivity contribution in [2.45, 2.75) is 6.92 Å². The van der Waals surface area contributed by atoms with Crippen LogP contribution < -0.4 is 4.74 Å². The van der Waals surface area contributed by atoms with Gasteiger partial charge in [0.05, 0.1) is 11.2 Å². The molecule has 1 aromatic carbocycles. The number of rotatable bonds is 3. The van der Waals surface area contributed by atoms with Crippen LogP contribution in [0.2, 0.25) is 5.02 Å². The highest BCUT2D eigenvalue weighted by atomic mass is 35.5. The van der Waals surface area contributed by atoms with E-state index < -0.39 is 0 Å². The van der Waals surface area contributed by atoms with Crippen LogP contribution >= 0.6 is 11.6 Å². The minimum absolute atomic E-state index is 0.0747. The first-order valence-corrected chi connectivity index (χ1v) is 5.44. The van der Waals surface area contributed by atoms with Gasteiger partial charge in [0.1, 0.15) is 17.2 Å². The van der Waals surface area contributed by atoms with Crippen molar-refractivity contribution in [3.63, 3.8) is 0 Å². The van der Waals surface area contributed by atoms with Crippen molar-refractivity contribution in [1.29, 1.82) is 0 Å². The zero-order chi connectivity index (χ0) is 12.3. The molecular formula is C13H10ClNO2. The fourth-order valence-electron chi connectivity index (χ4n) is 1.30. The standard InChI is InChI=1S/C13H10ClNO2/c1-9(16)12-7-6-10(8-15-12)17-13-5-3-2-4-11(13)14/h2-8H,1H3. The van der Waals surface area contributed by atoms with Crippen molar-refractivity contribution in [3.05, 3.63) is 53.3 Å². The van der Waals surface area contributed by atoms with Gasteiger partial charge in [0.25, 0.3) is 0 Å². The second-order valence-electron chi connectivity index (χ2n) is 3.47. The van der Waals surface area contributed by atoms with E-state index in [4.69, 9.17) is 16.3 Å². The molecule has 4 heteroatoms. The first kappa shape index (κ1) is 11.6. The molecule has 0 aliphatic rings. The normalized spacial score (nSPS) is 10.0. The lowest BCUT2D eigenvalue weighted by molar-refractivity contribution is 0.101. The van der Waals surface area contributed by atoms with E-state index in [1.807, 2.05) is 12.1 Å². The third-order valence-corrected chi connectivity index (χ3v) is 2.47. The first-order valence-electron chi connectivity index (χ1n) is 5.06. The Bertz CT molecular complexity index is 537. The molecule has 0 spiro atoms. The Labute approximate surface area is 104 Å². The van der Waals surface area contributed by atoms with E-state index in [0.717, 1.165) is 0 Å². The smallest absolute Gasteiger partial charge is 0.178 e. The number of hydrogen-bond donors (Lipinski definition) is 0. The molecule has 86 valence electrons. The summed E-state index contributed by atoms with van der Waals surface area (Å²) in [4.78, 5) is 15.0. The number of nitrogens with zero attached hydrogens (tertiary/aromatic N) is 1. The number of benzene rings is 1. The number of carbonyl (C=O) groups is 1. The van der Waals surface area contributed by atoms with Crippen molar-refractivity contribution in [2.24, 2.45) is 0 Å². The van der Waals surface area contributed by atoms with E-state index in [-0.39, 0.29) is 5.78 Å². The minimum atomic E-state index is -0.0747. The number of carbonyl (C=O) groups excluding carboxylic acids is 1. The monoisotopic (exact) mass is 247 g/mol. The van der Waals surface area contributed by atoms with Gasteiger partial charge in [-0.3, -0.25) is 4.79 Å². The number of aromatic nitrogens is 1. The fourth-order valence-corrected chi connectivity index (χ4v) is 1.48. The maximum atomic E-state index is 11.0. The average Bonchev–Trinajstić information content (AvgIpc) is 2.33. The van der Waals surface area contributed by atoms with Gasteiger partial charge in [-0.05, 0) is 24.3 Å². The molecule has 0 unspecified atom stereocenters. The zero-order valence-electron chi connectivity index (χ0n) is 9.18. The van der Waals surface area contributed by atoms with E-state index >= 15 is 0 Å². The Morgan fingerprint density at radius 2 is 2.00 bits per heavy atom. The summed E-state index contributed by atoms with van der Waals surface area (Å²) in [6.45, 7) is 1.47. The molecule has 17 heavy (non-hydrogen) atoms. The van der Waals surface area contributed by atoms with Crippen molar-refractivity contribution in [2.75, 3.05) is 0 Å². The van der Waals surface area contributed by atoms with Crippen LogP contribution in [0.5, 0.6) is 11.5 Å². The molecule has 0 saturated carbocycles.